The van der Waals surface area contributed by atoms with Crippen LogP contribution >= 0.6 is 11.6 Å². The predicted octanol–water partition coefficient (Wildman–Crippen LogP) is 3.67. The molecule has 25 heavy (non-hydrogen) atoms. The molecule has 2 aromatic carbocycles. The van der Waals surface area contributed by atoms with Gasteiger partial charge in [0.2, 0.25) is 0 Å². The van der Waals surface area contributed by atoms with Crippen molar-refractivity contribution in [3.8, 4) is 11.3 Å². The molecule has 7 heteroatoms. The van der Waals surface area contributed by atoms with Crippen molar-refractivity contribution in [2.24, 2.45) is 0 Å². The van der Waals surface area contributed by atoms with Crippen molar-refractivity contribution in [2.75, 3.05) is 11.1 Å². The van der Waals surface area contributed by atoms with Crippen LogP contribution in [-0.4, -0.2) is 24.4 Å². The third-order valence-electron chi connectivity index (χ3n) is 4.36. The van der Waals surface area contributed by atoms with E-state index in [0.29, 0.717) is 22.9 Å². The van der Waals surface area contributed by atoms with Crippen LogP contribution < -0.4 is 5.32 Å². The molecule has 0 bridgehead atoms. The molecule has 1 aromatic heterocycles. The van der Waals surface area contributed by atoms with Crippen molar-refractivity contribution in [3.05, 3.63) is 64.8 Å². The monoisotopic (exact) mass is 373 g/mol. The van der Waals surface area contributed by atoms with Crippen LogP contribution in [0, 0.1) is 0 Å². The highest BCUT2D eigenvalue weighted by Gasteiger charge is 2.25. The normalized spacial score (nSPS) is 15.1. The summed E-state index contributed by atoms with van der Waals surface area (Å²) in [7, 11) is -3.08. The maximum atomic E-state index is 11.9. The van der Waals surface area contributed by atoms with E-state index in [2.05, 4.69) is 15.5 Å². The molecule has 0 spiro atoms. The van der Waals surface area contributed by atoms with E-state index in [-0.39, 0.29) is 5.75 Å². The molecule has 1 aliphatic heterocycles. The molecule has 0 fully saturated rings. The van der Waals surface area contributed by atoms with Crippen LogP contribution in [0.25, 0.3) is 11.3 Å². The third kappa shape index (κ3) is 3.15. The first-order valence-electron chi connectivity index (χ1n) is 7.91. The Morgan fingerprint density at radius 1 is 1.16 bits per heavy atom. The number of rotatable bonds is 4. The van der Waals surface area contributed by atoms with Crippen molar-refractivity contribution in [2.45, 2.75) is 17.9 Å². The Kier molecular flexibility index (Phi) is 4.01. The largest absolute Gasteiger partial charge is 0.381 e. The molecular formula is C18H16ClN3O2S. The quantitative estimate of drug-likeness (QED) is 0.731. The summed E-state index contributed by atoms with van der Waals surface area (Å²) in [6, 6.07) is 13.0. The lowest BCUT2D eigenvalue weighted by Crippen LogP contribution is -2.01. The first-order valence-corrected chi connectivity index (χ1v) is 9.94. The zero-order chi connectivity index (χ0) is 17.4. The molecule has 3 aromatic rings. The molecule has 5 nitrogen and oxygen atoms in total. The lowest BCUT2D eigenvalue weighted by molar-refractivity contribution is 0.600. The second kappa shape index (κ2) is 6.20. The van der Waals surface area contributed by atoms with Gasteiger partial charge >= 0.3 is 0 Å². The summed E-state index contributed by atoms with van der Waals surface area (Å²) in [6.07, 6.45) is 2.43. The topological polar surface area (TPSA) is 74.8 Å². The van der Waals surface area contributed by atoms with Crippen LogP contribution in [0.2, 0.25) is 5.02 Å². The summed E-state index contributed by atoms with van der Waals surface area (Å²) in [5.74, 6) is 0.203. The minimum atomic E-state index is -3.08. The lowest BCUT2D eigenvalue weighted by atomic mass is 10.1. The minimum Gasteiger partial charge on any atom is -0.381 e. The molecule has 0 saturated heterocycles. The number of anilines is 1. The number of nitrogens with one attached hydrogen (secondary N) is 2. The molecule has 0 radical (unpaired) electrons. The van der Waals surface area contributed by atoms with Gasteiger partial charge in [0, 0.05) is 34.6 Å². The molecule has 128 valence electrons. The average molecular weight is 374 g/mol. The van der Waals surface area contributed by atoms with Gasteiger partial charge in [0.25, 0.3) is 0 Å². The smallest absolute Gasteiger partial charge is 0.178 e. The van der Waals surface area contributed by atoms with Gasteiger partial charge < -0.3 is 5.32 Å². The van der Waals surface area contributed by atoms with Gasteiger partial charge in [-0.05, 0) is 42.3 Å². The summed E-state index contributed by atoms with van der Waals surface area (Å²) in [5, 5.41) is 11.2. The number of sulfone groups is 1. The van der Waals surface area contributed by atoms with E-state index < -0.39 is 9.84 Å². The van der Waals surface area contributed by atoms with Gasteiger partial charge in [-0.1, -0.05) is 23.7 Å². The van der Waals surface area contributed by atoms with Gasteiger partial charge in [-0.15, -0.1) is 0 Å². The first kappa shape index (κ1) is 16.2. The number of aromatic nitrogens is 2. The number of aryl methyl sites for hydroxylation is 1. The van der Waals surface area contributed by atoms with Gasteiger partial charge in [-0.25, -0.2) is 8.42 Å². The summed E-state index contributed by atoms with van der Waals surface area (Å²) < 4.78 is 23.8. The molecular weight excluding hydrogens is 358 g/mol. The van der Waals surface area contributed by atoms with Gasteiger partial charge in [-0.2, -0.15) is 5.10 Å². The van der Waals surface area contributed by atoms with E-state index in [1.807, 2.05) is 42.6 Å². The number of aromatic amines is 1. The van der Waals surface area contributed by atoms with Crippen molar-refractivity contribution >= 4 is 27.1 Å². The Morgan fingerprint density at radius 3 is 2.76 bits per heavy atom. The van der Waals surface area contributed by atoms with Crippen LogP contribution in [-0.2, 0) is 22.8 Å². The highest BCUT2D eigenvalue weighted by atomic mass is 35.5. The molecule has 2 N–H and O–H groups in total. The fraction of sp³-hybridized carbons (Fsp3) is 0.167. The predicted molar refractivity (Wildman–Crippen MR) is 98.6 cm³/mol. The maximum Gasteiger partial charge on any atom is 0.178 e. The Hall–Kier alpha value is -2.31. The molecule has 0 saturated carbocycles. The van der Waals surface area contributed by atoms with Crippen molar-refractivity contribution < 1.29 is 8.42 Å². The molecule has 1 aliphatic rings. The number of H-pyrrole nitrogens is 1. The van der Waals surface area contributed by atoms with Gasteiger partial charge in [-0.3, -0.25) is 5.10 Å². The van der Waals surface area contributed by atoms with Gasteiger partial charge in [0.05, 0.1) is 16.3 Å². The number of hydrogen-bond acceptors (Lipinski definition) is 4. The van der Waals surface area contributed by atoms with E-state index in [9.17, 15) is 8.42 Å². The van der Waals surface area contributed by atoms with Crippen LogP contribution in [0.4, 0.5) is 5.69 Å². The summed E-state index contributed by atoms with van der Waals surface area (Å²) >= 11 is 5.94. The van der Waals surface area contributed by atoms with Crippen LogP contribution in [0.15, 0.2) is 53.6 Å². The Bertz CT molecular complexity index is 1030. The first-order chi connectivity index (χ1) is 12.0. The average Bonchev–Trinajstić information content (AvgIpc) is 3.18. The molecule has 2 heterocycles. The standard InChI is InChI=1S/C18H16ClN3O2S/c19-15-3-1-12(2-4-15)18-14(11-21-22-18)10-20-16-5-6-17-13(9-16)7-8-25(17,23)24/h1-6,9,11,20H,7-8,10H2,(H,21,22). The molecule has 0 aliphatic carbocycles. The minimum absolute atomic E-state index is 0.203. The fourth-order valence-electron chi connectivity index (χ4n) is 3.05. The second-order valence-corrected chi connectivity index (χ2v) is 8.52. The highest BCUT2D eigenvalue weighted by molar-refractivity contribution is 7.91. The number of benzene rings is 2. The number of nitrogens with zero attached hydrogens (tertiary/aromatic N) is 1. The summed E-state index contributed by atoms with van der Waals surface area (Å²) in [6.45, 7) is 0.583. The number of hydrogen-bond donors (Lipinski definition) is 2. The molecule has 4 rings (SSSR count). The molecule has 0 atom stereocenters. The van der Waals surface area contributed by atoms with E-state index in [0.717, 1.165) is 28.1 Å². The highest BCUT2D eigenvalue weighted by Crippen LogP contribution is 2.29. The van der Waals surface area contributed by atoms with Crippen molar-refractivity contribution in [3.63, 3.8) is 0 Å². The SMILES string of the molecule is O=S1(=O)CCc2cc(NCc3c[nH]nc3-c3ccc(Cl)cc3)ccc21. The van der Waals surface area contributed by atoms with Gasteiger partial charge in [0.15, 0.2) is 9.84 Å². The summed E-state index contributed by atoms with van der Waals surface area (Å²) in [5.41, 5.74) is 4.67. The molecule has 0 amide bonds. The number of halogens is 1. The van der Waals surface area contributed by atoms with Crippen LogP contribution in [0.3, 0.4) is 0 Å². The molecule has 0 unspecified atom stereocenters. The lowest BCUT2D eigenvalue weighted by Gasteiger charge is -2.08. The zero-order valence-electron chi connectivity index (χ0n) is 13.3. The number of fused-ring (bicyclic) bond motifs is 1. The van der Waals surface area contributed by atoms with E-state index in [1.54, 1.807) is 6.07 Å². The zero-order valence-corrected chi connectivity index (χ0v) is 14.9. The van der Waals surface area contributed by atoms with Crippen molar-refractivity contribution in [1.82, 2.24) is 10.2 Å². The Morgan fingerprint density at radius 2 is 1.96 bits per heavy atom. The second-order valence-electron chi connectivity index (χ2n) is 6.01. The summed E-state index contributed by atoms with van der Waals surface area (Å²) in [4.78, 5) is 0.461. The van der Waals surface area contributed by atoms with E-state index >= 15 is 0 Å². The Labute approximate surface area is 151 Å². The third-order valence-corrected chi connectivity index (χ3v) is 6.42. The van der Waals surface area contributed by atoms with Gasteiger partial charge in [0.1, 0.15) is 0 Å². The Balaban J connectivity index is 1.53. The van der Waals surface area contributed by atoms with Crippen LogP contribution in [0.5, 0.6) is 0 Å². The van der Waals surface area contributed by atoms with E-state index in [4.69, 9.17) is 11.6 Å². The van der Waals surface area contributed by atoms with E-state index in [1.165, 1.54) is 0 Å². The van der Waals surface area contributed by atoms with Crippen molar-refractivity contribution in [1.29, 1.82) is 0 Å². The maximum absolute atomic E-state index is 11.9. The van der Waals surface area contributed by atoms with Crippen LogP contribution in [0.1, 0.15) is 11.1 Å². The fourth-order valence-corrected chi connectivity index (χ4v) is 4.72.